The molecule has 0 radical (unpaired) electrons. The van der Waals surface area contributed by atoms with Crippen LogP contribution in [0.5, 0.6) is 0 Å². The van der Waals surface area contributed by atoms with E-state index in [2.05, 4.69) is 49.4 Å². The fourth-order valence-corrected chi connectivity index (χ4v) is 5.75. The molecule has 0 spiro atoms. The largest absolute Gasteiger partial charge is 0.379 e. The van der Waals surface area contributed by atoms with Crippen molar-refractivity contribution in [2.75, 3.05) is 51.3 Å². The number of H-pyrrole nitrogens is 1. The Balaban J connectivity index is 1.12. The highest BCUT2D eigenvalue weighted by Gasteiger charge is 2.25. The molecule has 0 atom stereocenters. The van der Waals surface area contributed by atoms with E-state index in [0.29, 0.717) is 17.2 Å². The second-order valence-corrected chi connectivity index (χ2v) is 10.6. The molecule has 0 saturated carbocycles. The van der Waals surface area contributed by atoms with E-state index in [1.54, 1.807) is 6.20 Å². The van der Waals surface area contributed by atoms with Crippen LogP contribution in [0.2, 0.25) is 0 Å². The van der Waals surface area contributed by atoms with Gasteiger partial charge in [0.05, 0.1) is 30.0 Å². The number of aromatic nitrogens is 3. The molecule has 4 aromatic rings. The van der Waals surface area contributed by atoms with Gasteiger partial charge >= 0.3 is 0 Å². The molecule has 8 heteroatoms. The lowest BCUT2D eigenvalue weighted by Crippen LogP contribution is -2.49. The number of anilines is 2. The first-order chi connectivity index (χ1) is 19.1. The van der Waals surface area contributed by atoms with E-state index in [9.17, 15) is 4.79 Å². The number of morpholine rings is 1. The van der Waals surface area contributed by atoms with Gasteiger partial charge in [0, 0.05) is 43.3 Å². The maximum atomic E-state index is 12.7. The van der Waals surface area contributed by atoms with Crippen molar-refractivity contribution in [3.05, 3.63) is 82.4 Å². The van der Waals surface area contributed by atoms with Crippen molar-refractivity contribution in [1.82, 2.24) is 24.8 Å². The van der Waals surface area contributed by atoms with Crippen LogP contribution in [0.4, 0.5) is 11.5 Å². The summed E-state index contributed by atoms with van der Waals surface area (Å²) in [6, 6.07) is 18.9. The molecule has 1 aromatic carbocycles. The van der Waals surface area contributed by atoms with Crippen LogP contribution in [0, 0.1) is 6.92 Å². The molecule has 2 saturated heterocycles. The maximum Gasteiger partial charge on any atom is 0.259 e. The van der Waals surface area contributed by atoms with Gasteiger partial charge in [0.2, 0.25) is 0 Å². The molecule has 0 bridgehead atoms. The van der Waals surface area contributed by atoms with Crippen LogP contribution in [0.1, 0.15) is 24.1 Å². The Hall–Kier alpha value is -3.59. The fourth-order valence-electron chi connectivity index (χ4n) is 5.75. The molecule has 2 fully saturated rings. The van der Waals surface area contributed by atoms with Crippen LogP contribution in [0.25, 0.3) is 22.2 Å². The summed E-state index contributed by atoms with van der Waals surface area (Å²) in [5.74, 6) is 0.531. The fraction of sp³-hybridized carbons (Fsp3) is 0.387. The van der Waals surface area contributed by atoms with Crippen molar-refractivity contribution in [3.8, 4) is 11.4 Å². The number of pyridine rings is 3. The molecule has 2 aliphatic heterocycles. The molecule has 8 nitrogen and oxygen atoms in total. The van der Waals surface area contributed by atoms with E-state index in [1.807, 2.05) is 37.3 Å². The lowest BCUT2D eigenvalue weighted by atomic mass is 10.0. The highest BCUT2D eigenvalue weighted by atomic mass is 16.5. The minimum absolute atomic E-state index is 0.166. The summed E-state index contributed by atoms with van der Waals surface area (Å²) < 4.78 is 5.51. The molecule has 0 unspecified atom stereocenters. The van der Waals surface area contributed by atoms with Gasteiger partial charge in [-0.05, 0) is 86.6 Å². The number of hydrogen-bond donors (Lipinski definition) is 2. The molecule has 6 rings (SSSR count). The number of likely N-dealkylation sites (tertiary alicyclic amines) is 1. The number of rotatable bonds is 7. The smallest absolute Gasteiger partial charge is 0.259 e. The molecule has 39 heavy (non-hydrogen) atoms. The zero-order valence-corrected chi connectivity index (χ0v) is 22.5. The number of nitrogens with one attached hydrogen (secondary N) is 2. The Morgan fingerprint density at radius 3 is 2.54 bits per heavy atom. The summed E-state index contributed by atoms with van der Waals surface area (Å²) in [7, 11) is 0. The summed E-state index contributed by atoms with van der Waals surface area (Å²) in [5.41, 5.74) is 4.48. The second-order valence-electron chi connectivity index (χ2n) is 10.6. The minimum atomic E-state index is -0.166. The number of nitrogens with zero attached hydrogens (tertiary/aromatic N) is 4. The predicted molar refractivity (Wildman–Crippen MR) is 156 cm³/mol. The Bertz CT molecular complexity index is 1470. The third kappa shape index (κ3) is 6.03. The minimum Gasteiger partial charge on any atom is -0.379 e. The van der Waals surface area contributed by atoms with Gasteiger partial charge in [0.25, 0.3) is 5.56 Å². The normalized spacial score (nSPS) is 17.5. The van der Waals surface area contributed by atoms with E-state index in [-0.39, 0.29) is 5.56 Å². The summed E-state index contributed by atoms with van der Waals surface area (Å²) in [6.07, 6.45) is 5.19. The quantitative estimate of drug-likeness (QED) is 0.371. The number of ether oxygens (including phenoxy) is 1. The third-order valence-corrected chi connectivity index (χ3v) is 7.96. The Morgan fingerprint density at radius 1 is 0.974 bits per heavy atom. The molecule has 202 valence electrons. The van der Waals surface area contributed by atoms with Crippen LogP contribution in [-0.2, 0) is 11.2 Å². The maximum absolute atomic E-state index is 12.7. The standard InChI is InChI=1S/C31H36N6O2/c1-22-3-2-4-27(33-22)28-21-24-9-13-32-31(38)29(24)30(35-28)34-25-7-5-23(6-8-25)10-14-36-15-11-26(12-16-36)37-17-19-39-20-18-37/h2-9,13,21,26H,10-12,14-20H2,1H3,(H,32,38)(H,34,35). The molecule has 2 N–H and O–H groups in total. The van der Waals surface area contributed by atoms with Gasteiger partial charge < -0.3 is 19.9 Å². The van der Waals surface area contributed by atoms with E-state index < -0.39 is 0 Å². The molecule has 3 aromatic heterocycles. The molecule has 2 aliphatic rings. The van der Waals surface area contributed by atoms with Crippen molar-refractivity contribution >= 4 is 22.3 Å². The Kier molecular flexibility index (Phi) is 7.67. The van der Waals surface area contributed by atoms with Gasteiger partial charge in [-0.2, -0.15) is 0 Å². The van der Waals surface area contributed by atoms with E-state index in [4.69, 9.17) is 9.72 Å². The first-order valence-corrected chi connectivity index (χ1v) is 14.0. The van der Waals surface area contributed by atoms with E-state index >= 15 is 0 Å². The first kappa shape index (κ1) is 25.7. The van der Waals surface area contributed by atoms with Gasteiger partial charge in [-0.25, -0.2) is 4.98 Å². The lowest BCUT2D eigenvalue weighted by molar-refractivity contribution is 0.00101. The van der Waals surface area contributed by atoms with Crippen LogP contribution < -0.4 is 10.9 Å². The number of benzene rings is 1. The van der Waals surface area contributed by atoms with Gasteiger partial charge in [0.1, 0.15) is 5.82 Å². The van der Waals surface area contributed by atoms with Gasteiger partial charge in [0.15, 0.2) is 0 Å². The second kappa shape index (κ2) is 11.7. The highest BCUT2D eigenvalue weighted by Crippen LogP contribution is 2.27. The van der Waals surface area contributed by atoms with Crippen molar-refractivity contribution in [3.63, 3.8) is 0 Å². The SMILES string of the molecule is Cc1cccc(-c2cc3cc[nH]c(=O)c3c(Nc3ccc(CCN4CCC(N5CCOCC5)CC4)cc3)n2)n1. The number of piperidine rings is 1. The number of aromatic amines is 1. The van der Waals surface area contributed by atoms with Crippen molar-refractivity contribution < 1.29 is 4.74 Å². The number of hydrogen-bond acceptors (Lipinski definition) is 7. The zero-order valence-electron chi connectivity index (χ0n) is 22.5. The van der Waals surface area contributed by atoms with E-state index in [1.165, 1.54) is 31.5 Å². The monoisotopic (exact) mass is 524 g/mol. The van der Waals surface area contributed by atoms with Crippen molar-refractivity contribution in [2.24, 2.45) is 0 Å². The summed E-state index contributed by atoms with van der Waals surface area (Å²) in [4.78, 5) is 30.2. The topological polar surface area (TPSA) is 86.4 Å². The molecular formula is C31H36N6O2. The molecule has 0 amide bonds. The lowest BCUT2D eigenvalue weighted by Gasteiger charge is -2.40. The molecule has 0 aliphatic carbocycles. The molecular weight excluding hydrogens is 488 g/mol. The summed E-state index contributed by atoms with van der Waals surface area (Å²) in [6.45, 7) is 9.30. The third-order valence-electron chi connectivity index (χ3n) is 7.96. The summed E-state index contributed by atoms with van der Waals surface area (Å²) in [5, 5.41) is 4.76. The predicted octanol–water partition coefficient (Wildman–Crippen LogP) is 4.38. The van der Waals surface area contributed by atoms with Crippen LogP contribution in [0.3, 0.4) is 0 Å². The van der Waals surface area contributed by atoms with Gasteiger partial charge in [-0.15, -0.1) is 0 Å². The molecule has 5 heterocycles. The van der Waals surface area contributed by atoms with E-state index in [0.717, 1.165) is 67.4 Å². The number of fused-ring (bicyclic) bond motifs is 1. The van der Waals surface area contributed by atoms with Crippen molar-refractivity contribution in [2.45, 2.75) is 32.2 Å². The average molecular weight is 525 g/mol. The zero-order chi connectivity index (χ0) is 26.6. The first-order valence-electron chi connectivity index (χ1n) is 14.0. The van der Waals surface area contributed by atoms with Crippen LogP contribution >= 0.6 is 0 Å². The van der Waals surface area contributed by atoms with Crippen molar-refractivity contribution in [1.29, 1.82) is 0 Å². The van der Waals surface area contributed by atoms with Gasteiger partial charge in [-0.1, -0.05) is 18.2 Å². The Morgan fingerprint density at radius 2 is 1.77 bits per heavy atom. The van der Waals surface area contributed by atoms with Crippen LogP contribution in [0.15, 0.2) is 65.6 Å². The van der Waals surface area contributed by atoms with Gasteiger partial charge in [-0.3, -0.25) is 14.7 Å². The highest BCUT2D eigenvalue weighted by molar-refractivity contribution is 5.94. The average Bonchev–Trinajstić information content (AvgIpc) is 2.97. The number of aryl methyl sites for hydroxylation is 1. The van der Waals surface area contributed by atoms with Crippen LogP contribution in [-0.4, -0.2) is 76.7 Å². The Labute approximate surface area is 229 Å². The summed E-state index contributed by atoms with van der Waals surface area (Å²) >= 11 is 0.